The summed E-state index contributed by atoms with van der Waals surface area (Å²) in [7, 11) is 0. The molecule has 2 atom stereocenters. The fourth-order valence-corrected chi connectivity index (χ4v) is 5.11. The van der Waals surface area contributed by atoms with Gasteiger partial charge in [-0.05, 0) is 46.4 Å². The van der Waals surface area contributed by atoms with Gasteiger partial charge in [0.15, 0.2) is 0 Å². The van der Waals surface area contributed by atoms with Gasteiger partial charge in [0.2, 0.25) is 0 Å². The van der Waals surface area contributed by atoms with Gasteiger partial charge in [0.05, 0.1) is 0 Å². The Morgan fingerprint density at radius 1 is 0.840 bits per heavy atom. The minimum absolute atomic E-state index is 0.126. The monoisotopic (exact) mass is 322 g/mol. The van der Waals surface area contributed by atoms with Crippen molar-refractivity contribution in [1.82, 2.24) is 5.32 Å². The van der Waals surface area contributed by atoms with Gasteiger partial charge < -0.3 is 10.2 Å². The summed E-state index contributed by atoms with van der Waals surface area (Å²) in [6, 6.07) is 24.5. The maximum absolute atomic E-state index is 3.56. The third-order valence-electron chi connectivity index (χ3n) is 6.14. The molecule has 2 aliphatic heterocycles. The maximum Gasteiger partial charge on any atom is 0.129 e. The van der Waals surface area contributed by atoms with E-state index in [1.54, 1.807) is 0 Å². The van der Waals surface area contributed by atoms with Crippen molar-refractivity contribution in [2.24, 2.45) is 0 Å². The normalized spacial score (nSPS) is 24.0. The minimum atomic E-state index is -0.126. The molecular formula is C23H18N2. The lowest BCUT2D eigenvalue weighted by Crippen LogP contribution is -2.26. The second kappa shape index (κ2) is 4.34. The van der Waals surface area contributed by atoms with Gasteiger partial charge >= 0.3 is 0 Å². The highest BCUT2D eigenvalue weighted by atomic mass is 15.3. The van der Waals surface area contributed by atoms with Crippen LogP contribution in [0.4, 0.5) is 5.69 Å². The van der Waals surface area contributed by atoms with Crippen molar-refractivity contribution in [2.45, 2.75) is 18.5 Å². The van der Waals surface area contributed by atoms with Gasteiger partial charge in [0.1, 0.15) is 6.17 Å². The quantitative estimate of drug-likeness (QED) is 0.632. The van der Waals surface area contributed by atoms with Crippen LogP contribution >= 0.6 is 0 Å². The Kier molecular flexibility index (Phi) is 2.31. The highest BCUT2D eigenvalue weighted by molar-refractivity contribution is 5.87. The lowest BCUT2D eigenvalue weighted by atomic mass is 9.72. The molecular weight excluding hydrogens is 304 g/mol. The SMILES string of the molecule is CC12c3ccccc3-c3cccc(c31)C1NC=CN1c1ccccc12. The van der Waals surface area contributed by atoms with Gasteiger partial charge in [0, 0.05) is 23.5 Å². The molecule has 2 unspecified atom stereocenters. The summed E-state index contributed by atoms with van der Waals surface area (Å²) in [6.45, 7) is 2.39. The predicted octanol–water partition coefficient (Wildman–Crippen LogP) is 4.91. The van der Waals surface area contributed by atoms with E-state index in [1.165, 1.54) is 39.1 Å². The van der Waals surface area contributed by atoms with Crippen LogP contribution in [0.15, 0.2) is 79.1 Å². The van der Waals surface area contributed by atoms with Crippen molar-refractivity contribution < 1.29 is 0 Å². The first-order valence-electron chi connectivity index (χ1n) is 8.84. The highest BCUT2D eigenvalue weighted by Crippen LogP contribution is 2.58. The summed E-state index contributed by atoms with van der Waals surface area (Å²) in [6.07, 6.45) is 4.39. The molecule has 0 fully saturated rings. The van der Waals surface area contributed by atoms with Crippen LogP contribution in [0.1, 0.15) is 35.3 Å². The molecule has 2 nitrogen and oxygen atoms in total. The maximum atomic E-state index is 3.56. The Morgan fingerprint density at radius 2 is 1.60 bits per heavy atom. The van der Waals surface area contributed by atoms with Crippen LogP contribution in [0, 0.1) is 0 Å². The van der Waals surface area contributed by atoms with E-state index in [-0.39, 0.29) is 11.6 Å². The van der Waals surface area contributed by atoms with Crippen molar-refractivity contribution in [1.29, 1.82) is 0 Å². The van der Waals surface area contributed by atoms with E-state index < -0.39 is 0 Å². The second-order valence-electron chi connectivity index (χ2n) is 7.25. The molecule has 3 aliphatic rings. The minimum Gasteiger partial charge on any atom is -0.366 e. The van der Waals surface area contributed by atoms with E-state index in [2.05, 4.69) is 96.3 Å². The van der Waals surface area contributed by atoms with Crippen LogP contribution in [0.2, 0.25) is 0 Å². The largest absolute Gasteiger partial charge is 0.366 e. The molecule has 3 aromatic rings. The molecule has 2 heteroatoms. The van der Waals surface area contributed by atoms with Crippen molar-refractivity contribution >= 4 is 5.69 Å². The average molecular weight is 322 g/mol. The number of hydrogen-bond acceptors (Lipinski definition) is 2. The van der Waals surface area contributed by atoms with Crippen molar-refractivity contribution in [2.75, 3.05) is 4.90 Å². The first-order valence-corrected chi connectivity index (χ1v) is 8.84. The Balaban J connectivity index is 1.83. The third-order valence-corrected chi connectivity index (χ3v) is 6.14. The van der Waals surface area contributed by atoms with Gasteiger partial charge in [-0.1, -0.05) is 60.7 Å². The Bertz CT molecular complexity index is 1070. The number of nitrogens with one attached hydrogen (secondary N) is 1. The molecule has 1 aliphatic carbocycles. The molecule has 2 heterocycles. The first kappa shape index (κ1) is 13.3. The summed E-state index contributed by atoms with van der Waals surface area (Å²) in [5.41, 5.74) is 9.52. The number of benzene rings is 3. The summed E-state index contributed by atoms with van der Waals surface area (Å²) < 4.78 is 0. The molecule has 25 heavy (non-hydrogen) atoms. The molecule has 0 bridgehead atoms. The summed E-state index contributed by atoms with van der Waals surface area (Å²) in [4.78, 5) is 2.37. The van der Waals surface area contributed by atoms with Crippen LogP contribution in [-0.2, 0) is 5.41 Å². The van der Waals surface area contributed by atoms with Crippen LogP contribution in [-0.4, -0.2) is 0 Å². The van der Waals surface area contributed by atoms with Gasteiger partial charge in [-0.25, -0.2) is 0 Å². The summed E-state index contributed by atoms with van der Waals surface area (Å²) in [5.74, 6) is 0. The van der Waals surface area contributed by atoms with E-state index in [9.17, 15) is 0 Å². The first-order chi connectivity index (χ1) is 12.3. The highest BCUT2D eigenvalue weighted by Gasteiger charge is 2.47. The number of rotatable bonds is 0. The van der Waals surface area contributed by atoms with E-state index >= 15 is 0 Å². The van der Waals surface area contributed by atoms with E-state index in [1.807, 2.05) is 0 Å². The Hall–Kier alpha value is -3.00. The molecule has 0 radical (unpaired) electrons. The zero-order chi connectivity index (χ0) is 16.6. The number of hydrogen-bond donors (Lipinski definition) is 1. The Labute approximate surface area is 147 Å². The molecule has 3 aromatic carbocycles. The molecule has 120 valence electrons. The predicted molar refractivity (Wildman–Crippen MR) is 101 cm³/mol. The van der Waals surface area contributed by atoms with Gasteiger partial charge in [-0.2, -0.15) is 0 Å². The molecule has 0 saturated heterocycles. The van der Waals surface area contributed by atoms with E-state index in [4.69, 9.17) is 0 Å². The third kappa shape index (κ3) is 1.42. The smallest absolute Gasteiger partial charge is 0.129 e. The van der Waals surface area contributed by atoms with Gasteiger partial charge in [0.25, 0.3) is 0 Å². The van der Waals surface area contributed by atoms with Crippen molar-refractivity contribution in [3.05, 3.63) is 101 Å². The molecule has 0 saturated carbocycles. The molecule has 6 rings (SSSR count). The zero-order valence-electron chi connectivity index (χ0n) is 14.0. The van der Waals surface area contributed by atoms with E-state index in [0.29, 0.717) is 0 Å². The average Bonchev–Trinajstić information content (AvgIpc) is 3.23. The topological polar surface area (TPSA) is 15.3 Å². The number of fused-ring (bicyclic) bond motifs is 8. The summed E-state index contributed by atoms with van der Waals surface area (Å²) in [5, 5.41) is 3.56. The fourth-order valence-electron chi connectivity index (χ4n) is 5.11. The van der Waals surface area contributed by atoms with Crippen LogP contribution in [0.25, 0.3) is 11.1 Å². The van der Waals surface area contributed by atoms with Gasteiger partial charge in [-0.3, -0.25) is 0 Å². The number of nitrogens with zero attached hydrogens (tertiary/aromatic N) is 1. The summed E-state index contributed by atoms with van der Waals surface area (Å²) >= 11 is 0. The van der Waals surface area contributed by atoms with Gasteiger partial charge in [-0.15, -0.1) is 0 Å². The van der Waals surface area contributed by atoms with Crippen molar-refractivity contribution in [3.63, 3.8) is 0 Å². The molecule has 0 spiro atoms. The lowest BCUT2D eigenvalue weighted by Gasteiger charge is -2.30. The number of para-hydroxylation sites is 1. The fraction of sp³-hybridized carbons (Fsp3) is 0.130. The van der Waals surface area contributed by atoms with Crippen LogP contribution < -0.4 is 10.2 Å². The Morgan fingerprint density at radius 3 is 2.52 bits per heavy atom. The standard InChI is InChI=1S/C23H18N2/c1-23-18-10-3-2-7-15(18)16-8-6-9-17(21(16)23)22-24-13-14-25(22)20-12-5-4-11-19(20)23/h2-14,22,24H,1H3. The number of anilines is 1. The van der Waals surface area contributed by atoms with Crippen LogP contribution in [0.5, 0.6) is 0 Å². The van der Waals surface area contributed by atoms with E-state index in [0.717, 1.165) is 0 Å². The van der Waals surface area contributed by atoms with Crippen LogP contribution in [0.3, 0.4) is 0 Å². The molecule has 0 aromatic heterocycles. The second-order valence-corrected chi connectivity index (χ2v) is 7.25. The van der Waals surface area contributed by atoms with Crippen molar-refractivity contribution in [3.8, 4) is 11.1 Å². The zero-order valence-corrected chi connectivity index (χ0v) is 14.0. The lowest BCUT2D eigenvalue weighted by molar-refractivity contribution is 0.657. The molecule has 0 amide bonds. The molecule has 1 N–H and O–H groups in total.